The van der Waals surface area contributed by atoms with E-state index in [-0.39, 0.29) is 11.3 Å². The Balaban J connectivity index is 2.23. The minimum atomic E-state index is -1.02. The number of methoxy groups -OCH3 is 1. The smallest absolute Gasteiger partial charge is 0.358 e. The molecule has 1 aromatic heterocycles. The molecule has 1 N–H and O–H groups in total. The summed E-state index contributed by atoms with van der Waals surface area (Å²) < 4.78 is 6.64. The third kappa shape index (κ3) is 3.53. The second kappa shape index (κ2) is 7.68. The number of hydrogen-bond acceptors (Lipinski definition) is 4. The molecule has 0 unspecified atom stereocenters. The standard InChI is InChI=1S/C22H22N2O4/c1-13(2)15-8-10-16(11-9-15)20-23-19(22(27)28-4)14(3)24(20)18-7-5-6-17(12-18)21(25)26/h5-13H,1-4H3,(H,25,26). The van der Waals surface area contributed by atoms with Crippen LogP contribution >= 0.6 is 0 Å². The molecule has 3 rings (SSSR count). The zero-order valence-electron chi connectivity index (χ0n) is 16.3. The molecule has 0 aliphatic heterocycles. The number of esters is 1. The minimum Gasteiger partial charge on any atom is -0.478 e. The van der Waals surface area contributed by atoms with Gasteiger partial charge in [0.05, 0.1) is 18.4 Å². The van der Waals surface area contributed by atoms with E-state index in [1.165, 1.54) is 18.7 Å². The van der Waals surface area contributed by atoms with Crippen molar-refractivity contribution in [2.24, 2.45) is 0 Å². The van der Waals surface area contributed by atoms with Gasteiger partial charge in [0.25, 0.3) is 0 Å². The number of carboxylic acid groups (broad SMARTS) is 1. The van der Waals surface area contributed by atoms with E-state index in [1.54, 1.807) is 29.7 Å². The fraction of sp³-hybridized carbons (Fsp3) is 0.227. The maximum atomic E-state index is 12.2. The summed E-state index contributed by atoms with van der Waals surface area (Å²) in [6.07, 6.45) is 0. The van der Waals surface area contributed by atoms with Gasteiger partial charge in [0.1, 0.15) is 5.82 Å². The summed E-state index contributed by atoms with van der Waals surface area (Å²) in [4.78, 5) is 28.1. The molecule has 0 amide bonds. The molecule has 0 saturated heterocycles. The molecule has 0 fully saturated rings. The summed E-state index contributed by atoms with van der Waals surface area (Å²) in [5, 5.41) is 9.33. The molecular weight excluding hydrogens is 356 g/mol. The number of imidazole rings is 1. The second-order valence-electron chi connectivity index (χ2n) is 6.83. The van der Waals surface area contributed by atoms with Crippen LogP contribution in [0.3, 0.4) is 0 Å². The summed E-state index contributed by atoms with van der Waals surface area (Å²) in [5.74, 6) is -0.606. The van der Waals surface area contributed by atoms with E-state index < -0.39 is 11.9 Å². The third-order valence-corrected chi connectivity index (χ3v) is 4.67. The van der Waals surface area contributed by atoms with Gasteiger partial charge in [-0.05, 0) is 36.6 Å². The van der Waals surface area contributed by atoms with Crippen molar-refractivity contribution >= 4 is 11.9 Å². The van der Waals surface area contributed by atoms with Crippen LogP contribution in [0, 0.1) is 6.92 Å². The van der Waals surface area contributed by atoms with Crippen LogP contribution in [0.15, 0.2) is 48.5 Å². The topological polar surface area (TPSA) is 81.4 Å². The maximum absolute atomic E-state index is 12.2. The summed E-state index contributed by atoms with van der Waals surface area (Å²) in [7, 11) is 1.31. The fourth-order valence-electron chi connectivity index (χ4n) is 3.10. The van der Waals surface area contributed by atoms with Crippen molar-refractivity contribution < 1.29 is 19.4 Å². The highest BCUT2D eigenvalue weighted by molar-refractivity contribution is 5.90. The molecule has 6 nitrogen and oxygen atoms in total. The fourth-order valence-corrected chi connectivity index (χ4v) is 3.10. The van der Waals surface area contributed by atoms with Gasteiger partial charge in [-0.3, -0.25) is 4.57 Å². The number of aromatic carboxylic acids is 1. The average molecular weight is 378 g/mol. The monoisotopic (exact) mass is 378 g/mol. The molecule has 0 spiro atoms. The van der Waals surface area contributed by atoms with Crippen LogP contribution in [-0.4, -0.2) is 33.7 Å². The molecule has 0 saturated carbocycles. The van der Waals surface area contributed by atoms with E-state index in [0.29, 0.717) is 23.1 Å². The van der Waals surface area contributed by atoms with Gasteiger partial charge in [-0.2, -0.15) is 0 Å². The van der Waals surface area contributed by atoms with Crippen LogP contribution in [0.1, 0.15) is 51.9 Å². The first kappa shape index (κ1) is 19.4. The van der Waals surface area contributed by atoms with E-state index in [0.717, 1.165) is 5.56 Å². The summed E-state index contributed by atoms with van der Waals surface area (Å²) >= 11 is 0. The SMILES string of the molecule is COC(=O)c1nc(-c2ccc(C(C)C)cc2)n(-c2cccc(C(=O)O)c2)c1C. The van der Waals surface area contributed by atoms with E-state index in [1.807, 2.05) is 24.3 Å². The van der Waals surface area contributed by atoms with E-state index in [9.17, 15) is 14.7 Å². The Morgan fingerprint density at radius 2 is 1.79 bits per heavy atom. The normalized spacial score (nSPS) is 10.9. The van der Waals surface area contributed by atoms with Crippen LogP contribution in [0.5, 0.6) is 0 Å². The number of hydrogen-bond donors (Lipinski definition) is 1. The molecule has 0 aliphatic carbocycles. The molecule has 6 heteroatoms. The van der Waals surface area contributed by atoms with E-state index in [4.69, 9.17) is 4.74 Å². The Hall–Kier alpha value is -3.41. The number of aromatic nitrogens is 2. The molecule has 1 heterocycles. The molecule has 3 aromatic rings. The van der Waals surface area contributed by atoms with E-state index >= 15 is 0 Å². The Morgan fingerprint density at radius 1 is 1.11 bits per heavy atom. The third-order valence-electron chi connectivity index (χ3n) is 4.67. The number of carbonyl (C=O) groups is 2. The molecule has 2 aromatic carbocycles. The second-order valence-corrected chi connectivity index (χ2v) is 6.83. The average Bonchev–Trinajstić information content (AvgIpc) is 3.04. The van der Waals surface area contributed by atoms with Crippen LogP contribution in [-0.2, 0) is 4.74 Å². The Bertz CT molecular complexity index is 1030. The Morgan fingerprint density at radius 3 is 2.36 bits per heavy atom. The van der Waals surface area contributed by atoms with Crippen LogP contribution in [0.25, 0.3) is 17.1 Å². The highest BCUT2D eigenvalue weighted by Gasteiger charge is 2.22. The number of ether oxygens (including phenoxy) is 1. The number of rotatable bonds is 5. The zero-order chi connectivity index (χ0) is 20.4. The molecule has 0 aliphatic rings. The summed E-state index contributed by atoms with van der Waals surface area (Å²) in [5.41, 5.74) is 3.57. The van der Waals surface area contributed by atoms with Gasteiger partial charge in [-0.1, -0.05) is 44.2 Å². The lowest BCUT2D eigenvalue weighted by molar-refractivity contribution is 0.0593. The van der Waals surface area contributed by atoms with E-state index in [2.05, 4.69) is 18.8 Å². The number of nitrogens with zero attached hydrogens (tertiary/aromatic N) is 2. The largest absolute Gasteiger partial charge is 0.478 e. The lowest BCUT2D eigenvalue weighted by Crippen LogP contribution is -2.06. The van der Waals surface area contributed by atoms with Crippen molar-refractivity contribution in [1.82, 2.24) is 9.55 Å². The van der Waals surface area contributed by atoms with Gasteiger partial charge in [-0.25, -0.2) is 14.6 Å². The van der Waals surface area contributed by atoms with Gasteiger partial charge < -0.3 is 9.84 Å². The minimum absolute atomic E-state index is 0.159. The molecule has 0 atom stereocenters. The van der Waals surface area contributed by atoms with Crippen molar-refractivity contribution in [3.8, 4) is 17.1 Å². The zero-order valence-corrected chi connectivity index (χ0v) is 16.3. The highest BCUT2D eigenvalue weighted by Crippen LogP contribution is 2.28. The quantitative estimate of drug-likeness (QED) is 0.663. The van der Waals surface area contributed by atoms with Gasteiger partial charge in [0.2, 0.25) is 0 Å². The van der Waals surface area contributed by atoms with Crippen molar-refractivity contribution in [2.45, 2.75) is 26.7 Å². The predicted molar refractivity (Wildman–Crippen MR) is 106 cm³/mol. The molecule has 28 heavy (non-hydrogen) atoms. The number of carbonyl (C=O) groups excluding carboxylic acids is 1. The number of benzene rings is 2. The first-order valence-corrected chi connectivity index (χ1v) is 8.95. The van der Waals surface area contributed by atoms with Gasteiger partial charge in [0, 0.05) is 11.3 Å². The predicted octanol–water partition coefficient (Wildman–Crippen LogP) is 4.46. The van der Waals surface area contributed by atoms with Crippen molar-refractivity contribution in [3.63, 3.8) is 0 Å². The maximum Gasteiger partial charge on any atom is 0.358 e. The summed E-state index contributed by atoms with van der Waals surface area (Å²) in [6, 6.07) is 14.5. The van der Waals surface area contributed by atoms with Gasteiger partial charge >= 0.3 is 11.9 Å². The Kier molecular flexibility index (Phi) is 5.31. The first-order chi connectivity index (χ1) is 13.3. The van der Waals surface area contributed by atoms with Crippen molar-refractivity contribution in [3.05, 3.63) is 71.0 Å². The van der Waals surface area contributed by atoms with Crippen molar-refractivity contribution in [2.75, 3.05) is 7.11 Å². The molecule has 144 valence electrons. The Labute approximate surface area is 163 Å². The lowest BCUT2D eigenvalue weighted by atomic mass is 10.0. The van der Waals surface area contributed by atoms with Crippen LogP contribution in [0.4, 0.5) is 0 Å². The number of carboxylic acids is 1. The van der Waals surface area contributed by atoms with Crippen LogP contribution in [0.2, 0.25) is 0 Å². The summed E-state index contributed by atoms with van der Waals surface area (Å²) in [6.45, 7) is 6.00. The molecule has 0 radical (unpaired) electrons. The van der Waals surface area contributed by atoms with Gasteiger partial charge in [-0.15, -0.1) is 0 Å². The van der Waals surface area contributed by atoms with Gasteiger partial charge in [0.15, 0.2) is 5.69 Å². The first-order valence-electron chi connectivity index (χ1n) is 8.95. The lowest BCUT2D eigenvalue weighted by Gasteiger charge is -2.12. The van der Waals surface area contributed by atoms with Crippen LogP contribution < -0.4 is 0 Å². The highest BCUT2D eigenvalue weighted by atomic mass is 16.5. The molecule has 0 bridgehead atoms. The van der Waals surface area contributed by atoms with Crippen molar-refractivity contribution in [1.29, 1.82) is 0 Å². The molecular formula is C22H22N2O4.